The number of likely N-dealkylation sites (tertiary alicyclic amines) is 1. The number of fused-ring (bicyclic) bond motifs is 1. The summed E-state index contributed by atoms with van der Waals surface area (Å²) in [4.78, 5) is 25.7. The zero-order chi connectivity index (χ0) is 26.8. The lowest BCUT2D eigenvalue weighted by Crippen LogP contribution is -2.51. The number of aromatic nitrogens is 6. The molecule has 1 aliphatic carbocycles. The number of pyridine rings is 2. The van der Waals surface area contributed by atoms with E-state index in [4.69, 9.17) is 4.52 Å². The summed E-state index contributed by atoms with van der Waals surface area (Å²) in [6, 6.07) is 3.38. The highest BCUT2D eigenvalue weighted by Crippen LogP contribution is 2.39. The maximum absolute atomic E-state index is 13.4. The topological polar surface area (TPSA) is 123 Å². The standard InChI is InChI=1S/C24H19F4N7O3/c1-11(25)23(37)34-9-14(10-34)35-20-16(22-31-21(33-38-22)13-6-15(36)7-13)4-5-29-19(20)18(32-35)12-2-3-17(30-8-12)24(26,27)28/h2-5,8,13-15,36H,1,6-7,9-10H2. The SMILES string of the molecule is C=C(F)C(=O)N1CC(n2nc(-c3ccc(C(F)(F)F)nc3)c3nccc(-c4nc(C5CC(O)C5)no4)c32)C1. The molecule has 0 spiro atoms. The van der Waals surface area contributed by atoms with E-state index in [2.05, 4.69) is 31.8 Å². The molecule has 10 nitrogen and oxygen atoms in total. The van der Waals surface area contributed by atoms with Crippen molar-refractivity contribution in [1.29, 1.82) is 0 Å². The molecule has 0 atom stereocenters. The fraction of sp³-hybridized carbons (Fsp3) is 0.333. The Morgan fingerprint density at radius 2 is 1.92 bits per heavy atom. The third-order valence-corrected chi connectivity index (χ3v) is 6.79. The van der Waals surface area contributed by atoms with E-state index in [1.54, 1.807) is 10.7 Å². The largest absolute Gasteiger partial charge is 0.433 e. The molecule has 0 aromatic carbocycles. The predicted molar refractivity (Wildman–Crippen MR) is 123 cm³/mol. The number of rotatable bonds is 5. The lowest BCUT2D eigenvalue weighted by Gasteiger charge is -2.39. The number of hydrogen-bond donors (Lipinski definition) is 1. The van der Waals surface area contributed by atoms with Gasteiger partial charge in [0.2, 0.25) is 0 Å². The number of carbonyl (C=O) groups excluding carboxylic acids is 1. The van der Waals surface area contributed by atoms with E-state index >= 15 is 0 Å². The summed E-state index contributed by atoms with van der Waals surface area (Å²) in [5.74, 6) is -1.30. The van der Waals surface area contributed by atoms with Crippen molar-refractivity contribution in [2.24, 2.45) is 0 Å². The maximum atomic E-state index is 13.4. The number of aliphatic hydroxyl groups excluding tert-OH is 1. The second kappa shape index (κ2) is 8.68. The van der Waals surface area contributed by atoms with E-state index in [9.17, 15) is 27.5 Å². The second-order valence-corrected chi connectivity index (χ2v) is 9.33. The van der Waals surface area contributed by atoms with Crippen LogP contribution in [0.4, 0.5) is 17.6 Å². The van der Waals surface area contributed by atoms with Crippen LogP contribution >= 0.6 is 0 Å². The van der Waals surface area contributed by atoms with Crippen molar-refractivity contribution < 1.29 is 32.0 Å². The molecule has 4 aromatic heterocycles. The minimum Gasteiger partial charge on any atom is -0.393 e. The molecule has 0 unspecified atom stereocenters. The number of amides is 1. The van der Waals surface area contributed by atoms with E-state index in [1.165, 1.54) is 17.2 Å². The molecule has 1 saturated heterocycles. The number of carbonyl (C=O) groups is 1. The molecule has 1 saturated carbocycles. The lowest BCUT2D eigenvalue weighted by atomic mass is 9.82. The van der Waals surface area contributed by atoms with Gasteiger partial charge in [-0.25, -0.2) is 4.39 Å². The molecule has 6 rings (SSSR count). The fourth-order valence-corrected chi connectivity index (χ4v) is 4.65. The van der Waals surface area contributed by atoms with Crippen molar-refractivity contribution in [3.8, 4) is 22.7 Å². The minimum absolute atomic E-state index is 0.0291. The van der Waals surface area contributed by atoms with Crippen LogP contribution in [0.3, 0.4) is 0 Å². The van der Waals surface area contributed by atoms with Crippen LogP contribution in [0.15, 0.2) is 47.5 Å². The Bertz CT molecular complexity index is 1550. The molecule has 2 fully saturated rings. The normalized spacial score (nSPS) is 19.9. The first-order valence-corrected chi connectivity index (χ1v) is 11.7. The van der Waals surface area contributed by atoms with Crippen molar-refractivity contribution in [2.75, 3.05) is 13.1 Å². The summed E-state index contributed by atoms with van der Waals surface area (Å²) in [6.07, 6.45) is -1.38. The first-order chi connectivity index (χ1) is 18.1. The van der Waals surface area contributed by atoms with Gasteiger partial charge in [-0.3, -0.25) is 19.4 Å². The lowest BCUT2D eigenvalue weighted by molar-refractivity contribution is -0.141. The van der Waals surface area contributed by atoms with Gasteiger partial charge >= 0.3 is 6.18 Å². The number of hydrogen-bond acceptors (Lipinski definition) is 8. The van der Waals surface area contributed by atoms with Crippen molar-refractivity contribution in [1.82, 2.24) is 34.8 Å². The van der Waals surface area contributed by atoms with Crippen molar-refractivity contribution in [3.63, 3.8) is 0 Å². The Labute approximate surface area is 211 Å². The van der Waals surface area contributed by atoms with E-state index in [-0.39, 0.29) is 36.6 Å². The molecular formula is C24H19F4N7O3. The van der Waals surface area contributed by atoms with Gasteiger partial charge in [-0.05, 0) is 31.0 Å². The van der Waals surface area contributed by atoms with Gasteiger partial charge in [-0.15, -0.1) is 0 Å². The van der Waals surface area contributed by atoms with Gasteiger partial charge in [0.1, 0.15) is 22.4 Å². The smallest absolute Gasteiger partial charge is 0.393 e. The zero-order valence-corrected chi connectivity index (χ0v) is 19.6. The Morgan fingerprint density at radius 1 is 1.16 bits per heavy atom. The van der Waals surface area contributed by atoms with Crippen molar-refractivity contribution in [2.45, 2.75) is 37.1 Å². The van der Waals surface area contributed by atoms with E-state index in [0.717, 1.165) is 12.3 Å². The van der Waals surface area contributed by atoms with Gasteiger partial charge in [0.25, 0.3) is 11.8 Å². The number of halogens is 4. The van der Waals surface area contributed by atoms with Crippen LogP contribution in [0.5, 0.6) is 0 Å². The summed E-state index contributed by atoms with van der Waals surface area (Å²) < 4.78 is 59.6. The molecule has 196 valence electrons. The first kappa shape index (κ1) is 24.2. The van der Waals surface area contributed by atoms with Crippen LogP contribution in [0.2, 0.25) is 0 Å². The molecule has 0 radical (unpaired) electrons. The van der Waals surface area contributed by atoms with Gasteiger partial charge < -0.3 is 14.5 Å². The van der Waals surface area contributed by atoms with Crippen molar-refractivity contribution in [3.05, 3.63) is 54.5 Å². The highest BCUT2D eigenvalue weighted by Gasteiger charge is 2.37. The summed E-state index contributed by atoms with van der Waals surface area (Å²) in [5.41, 5.74) is 0.810. The molecule has 1 amide bonds. The van der Waals surface area contributed by atoms with E-state index in [0.29, 0.717) is 40.8 Å². The number of alkyl halides is 3. The first-order valence-electron chi connectivity index (χ1n) is 11.7. The quantitative estimate of drug-likeness (QED) is 0.307. The maximum Gasteiger partial charge on any atom is 0.433 e. The third-order valence-electron chi connectivity index (χ3n) is 6.79. The highest BCUT2D eigenvalue weighted by molar-refractivity contribution is 5.98. The molecule has 1 N–H and O–H groups in total. The molecule has 5 heterocycles. The Balaban J connectivity index is 1.44. The highest BCUT2D eigenvalue weighted by atomic mass is 19.4. The van der Waals surface area contributed by atoms with Gasteiger partial charge in [-0.2, -0.15) is 23.3 Å². The Morgan fingerprint density at radius 3 is 2.55 bits per heavy atom. The van der Waals surface area contributed by atoms with Crippen LogP contribution < -0.4 is 0 Å². The molecule has 4 aromatic rings. The van der Waals surface area contributed by atoms with Gasteiger partial charge in [0.15, 0.2) is 11.7 Å². The minimum atomic E-state index is -4.60. The molecule has 2 aliphatic rings. The van der Waals surface area contributed by atoms with Gasteiger partial charge in [0, 0.05) is 37.0 Å². The van der Waals surface area contributed by atoms with Crippen LogP contribution in [0, 0.1) is 0 Å². The zero-order valence-electron chi connectivity index (χ0n) is 19.6. The Hall–Kier alpha value is -4.20. The monoisotopic (exact) mass is 529 g/mol. The van der Waals surface area contributed by atoms with E-state index in [1.807, 2.05) is 0 Å². The van der Waals surface area contributed by atoms with E-state index < -0.39 is 29.7 Å². The van der Waals surface area contributed by atoms with Crippen molar-refractivity contribution >= 4 is 16.9 Å². The number of nitrogens with zero attached hydrogens (tertiary/aromatic N) is 7. The molecule has 0 bridgehead atoms. The fourth-order valence-electron chi connectivity index (χ4n) is 4.65. The average Bonchev–Trinajstić information content (AvgIpc) is 3.46. The van der Waals surface area contributed by atoms with Crippen LogP contribution in [0.25, 0.3) is 33.7 Å². The summed E-state index contributed by atoms with van der Waals surface area (Å²) in [6.45, 7) is 3.30. The number of aliphatic hydroxyl groups is 1. The van der Waals surface area contributed by atoms with Gasteiger partial charge in [-0.1, -0.05) is 11.7 Å². The van der Waals surface area contributed by atoms with Crippen LogP contribution in [-0.2, 0) is 11.0 Å². The van der Waals surface area contributed by atoms with Crippen LogP contribution in [-0.4, -0.2) is 65.0 Å². The molecule has 14 heteroatoms. The summed E-state index contributed by atoms with van der Waals surface area (Å²) in [7, 11) is 0. The Kier molecular flexibility index (Phi) is 5.52. The summed E-state index contributed by atoms with van der Waals surface area (Å²) >= 11 is 0. The van der Waals surface area contributed by atoms with Gasteiger partial charge in [0.05, 0.1) is 17.7 Å². The molecule has 38 heavy (non-hydrogen) atoms. The molecule has 1 aliphatic heterocycles. The summed E-state index contributed by atoms with van der Waals surface area (Å²) in [5, 5.41) is 18.3. The second-order valence-electron chi connectivity index (χ2n) is 9.33. The van der Waals surface area contributed by atoms with Crippen LogP contribution in [0.1, 0.15) is 36.3 Å². The predicted octanol–water partition coefficient (Wildman–Crippen LogP) is 3.67. The third kappa shape index (κ3) is 4.00. The molecular weight excluding hydrogens is 510 g/mol. The average molecular weight is 529 g/mol.